The first kappa shape index (κ1) is 30.1. The highest BCUT2D eigenvalue weighted by Gasteiger charge is 2.34. The Morgan fingerprint density at radius 3 is 2.35 bits per heavy atom. The van der Waals surface area contributed by atoms with Gasteiger partial charge in [-0.2, -0.15) is 0 Å². The van der Waals surface area contributed by atoms with E-state index in [1.807, 2.05) is 25.1 Å². The molecule has 0 aliphatic carbocycles. The first-order chi connectivity index (χ1) is 20.6. The number of rotatable bonds is 8. The van der Waals surface area contributed by atoms with Crippen LogP contribution in [-0.2, 0) is 9.53 Å². The topological polar surface area (TPSA) is 84.1 Å². The van der Waals surface area contributed by atoms with Gasteiger partial charge in [-0.05, 0) is 107 Å². The van der Waals surface area contributed by atoms with Gasteiger partial charge >= 0.3 is 5.97 Å². The summed E-state index contributed by atoms with van der Waals surface area (Å²) in [7, 11) is 1.58. The van der Waals surface area contributed by atoms with Gasteiger partial charge in [0.15, 0.2) is 16.3 Å². The van der Waals surface area contributed by atoms with E-state index in [0.29, 0.717) is 44.3 Å². The molecular formula is C34H37N3O5S. The lowest BCUT2D eigenvalue weighted by atomic mass is 9.95. The van der Waals surface area contributed by atoms with Gasteiger partial charge in [-0.15, -0.1) is 0 Å². The Balaban J connectivity index is 1.71. The van der Waals surface area contributed by atoms with E-state index in [2.05, 4.69) is 56.5 Å². The van der Waals surface area contributed by atoms with Crippen molar-refractivity contribution in [3.05, 3.63) is 107 Å². The molecule has 0 saturated heterocycles. The van der Waals surface area contributed by atoms with Gasteiger partial charge in [-0.3, -0.25) is 9.36 Å². The number of benzene rings is 2. The molecule has 0 saturated carbocycles. The van der Waals surface area contributed by atoms with Crippen LogP contribution in [0.15, 0.2) is 63.5 Å². The molecule has 0 fully saturated rings. The average molecular weight is 600 g/mol. The van der Waals surface area contributed by atoms with E-state index in [0.717, 1.165) is 22.6 Å². The number of carbonyl (C=O) groups excluding carboxylic acids is 1. The molecule has 0 bridgehead atoms. The highest BCUT2D eigenvalue weighted by atomic mass is 32.1. The van der Waals surface area contributed by atoms with Crippen molar-refractivity contribution in [1.29, 1.82) is 0 Å². The molecule has 9 heteroatoms. The SMILES string of the molecule is CCOC(=O)C1=C(C)N=c2s/c(=C/c3cc(C)n(-c4cc(C)cc(C)c4)c3C)c(=O)n2[C@@H]1c1ccc(OC)c(OCC)c1. The van der Waals surface area contributed by atoms with Crippen molar-refractivity contribution in [1.82, 2.24) is 9.13 Å². The van der Waals surface area contributed by atoms with Crippen LogP contribution in [0.3, 0.4) is 0 Å². The Morgan fingerprint density at radius 2 is 1.70 bits per heavy atom. The second kappa shape index (κ2) is 12.1. The minimum Gasteiger partial charge on any atom is -0.493 e. The van der Waals surface area contributed by atoms with E-state index < -0.39 is 12.0 Å². The molecule has 2 aromatic heterocycles. The summed E-state index contributed by atoms with van der Waals surface area (Å²) in [4.78, 5) is 32.7. The zero-order valence-electron chi connectivity index (χ0n) is 25.9. The van der Waals surface area contributed by atoms with E-state index in [9.17, 15) is 9.59 Å². The third kappa shape index (κ3) is 5.57. The Labute approximate surface area is 255 Å². The predicted molar refractivity (Wildman–Crippen MR) is 169 cm³/mol. The lowest BCUT2D eigenvalue weighted by Gasteiger charge is -2.25. The van der Waals surface area contributed by atoms with Crippen molar-refractivity contribution in [3.8, 4) is 17.2 Å². The number of aryl methyl sites for hydroxylation is 3. The number of hydrogen-bond donors (Lipinski definition) is 0. The smallest absolute Gasteiger partial charge is 0.338 e. The van der Waals surface area contributed by atoms with Crippen LogP contribution in [0, 0.1) is 27.7 Å². The monoisotopic (exact) mass is 599 g/mol. The number of carbonyl (C=O) groups is 1. The lowest BCUT2D eigenvalue weighted by Crippen LogP contribution is -2.40. The number of esters is 1. The zero-order valence-corrected chi connectivity index (χ0v) is 26.7. The van der Waals surface area contributed by atoms with Crippen molar-refractivity contribution in [2.24, 2.45) is 4.99 Å². The standard InChI is InChI=1S/C34H37N3O5S/c1-9-41-28-17-24(11-12-27(28)40-8)31-30(33(39)42-10-2)22(6)35-34-37(31)32(38)29(43-34)18-25-16-21(5)36(23(25)7)26-14-19(3)13-20(4)15-26/h11-18,31H,9-10H2,1-8H3/b29-18+/t31-/m1/s1. The van der Waals surface area contributed by atoms with Crippen LogP contribution in [-0.4, -0.2) is 35.4 Å². The lowest BCUT2D eigenvalue weighted by molar-refractivity contribution is -0.139. The quantitative estimate of drug-likeness (QED) is 0.259. The van der Waals surface area contributed by atoms with Gasteiger partial charge in [-0.1, -0.05) is 23.5 Å². The van der Waals surface area contributed by atoms with Crippen molar-refractivity contribution in [3.63, 3.8) is 0 Å². The largest absolute Gasteiger partial charge is 0.493 e. The summed E-state index contributed by atoms with van der Waals surface area (Å²) in [5, 5.41) is 0. The van der Waals surface area contributed by atoms with Crippen LogP contribution in [0.5, 0.6) is 11.5 Å². The summed E-state index contributed by atoms with van der Waals surface area (Å²) < 4.78 is 21.1. The van der Waals surface area contributed by atoms with Gasteiger partial charge in [0.2, 0.25) is 0 Å². The van der Waals surface area contributed by atoms with Gasteiger partial charge in [0.25, 0.3) is 5.56 Å². The summed E-state index contributed by atoms with van der Waals surface area (Å²) in [6.07, 6.45) is 1.92. The molecule has 2 aromatic carbocycles. The maximum absolute atomic E-state index is 14.2. The number of thiazole rings is 1. The molecule has 224 valence electrons. The molecule has 5 rings (SSSR count). The zero-order chi connectivity index (χ0) is 31.0. The summed E-state index contributed by atoms with van der Waals surface area (Å²) in [6, 6.07) is 13.3. The molecule has 0 radical (unpaired) electrons. The summed E-state index contributed by atoms with van der Waals surface area (Å²) in [5.41, 5.74) is 7.82. The highest BCUT2D eigenvalue weighted by molar-refractivity contribution is 7.07. The molecule has 8 nitrogen and oxygen atoms in total. The Hall–Kier alpha value is -4.37. The highest BCUT2D eigenvalue weighted by Crippen LogP contribution is 2.36. The first-order valence-electron chi connectivity index (χ1n) is 14.4. The van der Waals surface area contributed by atoms with Crippen molar-refractivity contribution in [2.75, 3.05) is 20.3 Å². The molecule has 3 heterocycles. The number of allylic oxidation sites excluding steroid dienone is 1. The Bertz CT molecular complexity index is 1920. The van der Waals surface area contributed by atoms with Gasteiger partial charge in [0.05, 0.1) is 42.2 Å². The third-order valence-electron chi connectivity index (χ3n) is 7.54. The number of hydrogen-bond acceptors (Lipinski definition) is 7. The minimum atomic E-state index is -0.745. The summed E-state index contributed by atoms with van der Waals surface area (Å²) in [6.45, 7) is 14.4. The van der Waals surface area contributed by atoms with E-state index in [1.54, 1.807) is 31.6 Å². The van der Waals surface area contributed by atoms with Gasteiger partial charge in [0, 0.05) is 17.1 Å². The van der Waals surface area contributed by atoms with Crippen LogP contribution in [0.2, 0.25) is 0 Å². The second-order valence-electron chi connectivity index (χ2n) is 10.7. The molecular weight excluding hydrogens is 562 g/mol. The maximum Gasteiger partial charge on any atom is 0.338 e. The maximum atomic E-state index is 14.2. The molecule has 43 heavy (non-hydrogen) atoms. The molecule has 0 spiro atoms. The Kier molecular flexibility index (Phi) is 8.46. The van der Waals surface area contributed by atoms with Crippen LogP contribution >= 0.6 is 11.3 Å². The average Bonchev–Trinajstić information content (AvgIpc) is 3.41. The van der Waals surface area contributed by atoms with Gasteiger partial charge in [0.1, 0.15) is 0 Å². The second-order valence-corrected chi connectivity index (χ2v) is 11.7. The molecule has 1 aliphatic heterocycles. The van der Waals surface area contributed by atoms with E-state index in [1.165, 1.54) is 22.5 Å². The molecule has 0 unspecified atom stereocenters. The first-order valence-corrected chi connectivity index (χ1v) is 15.2. The van der Waals surface area contributed by atoms with Crippen molar-refractivity contribution >= 4 is 23.4 Å². The van der Waals surface area contributed by atoms with Gasteiger partial charge in [-0.25, -0.2) is 9.79 Å². The van der Waals surface area contributed by atoms with Crippen molar-refractivity contribution in [2.45, 2.75) is 54.5 Å². The van der Waals surface area contributed by atoms with Crippen LogP contribution < -0.4 is 24.4 Å². The van der Waals surface area contributed by atoms with Crippen LogP contribution in [0.4, 0.5) is 0 Å². The Morgan fingerprint density at radius 1 is 0.977 bits per heavy atom. The fraction of sp³-hybridized carbons (Fsp3) is 0.324. The minimum absolute atomic E-state index is 0.204. The fourth-order valence-corrected chi connectivity index (χ4v) is 6.83. The van der Waals surface area contributed by atoms with E-state index >= 15 is 0 Å². The number of aromatic nitrogens is 2. The molecule has 0 N–H and O–H groups in total. The fourth-order valence-electron chi connectivity index (χ4n) is 5.79. The van der Waals surface area contributed by atoms with Gasteiger partial charge < -0.3 is 18.8 Å². The third-order valence-corrected chi connectivity index (χ3v) is 8.52. The molecule has 0 amide bonds. The number of nitrogens with zero attached hydrogens (tertiary/aromatic N) is 3. The molecule has 1 atom stereocenters. The number of fused-ring (bicyclic) bond motifs is 1. The number of ether oxygens (including phenoxy) is 3. The van der Waals surface area contributed by atoms with Crippen molar-refractivity contribution < 1.29 is 19.0 Å². The number of methoxy groups -OCH3 is 1. The van der Waals surface area contributed by atoms with E-state index in [4.69, 9.17) is 19.2 Å². The molecule has 4 aromatic rings. The normalized spacial score (nSPS) is 14.9. The predicted octanol–water partition coefficient (Wildman–Crippen LogP) is 5.23. The summed E-state index contributed by atoms with van der Waals surface area (Å²) >= 11 is 1.31. The van der Waals surface area contributed by atoms with E-state index in [-0.39, 0.29) is 12.2 Å². The van der Waals surface area contributed by atoms with Crippen LogP contribution in [0.1, 0.15) is 60.5 Å². The molecule has 1 aliphatic rings. The van der Waals surface area contributed by atoms with Crippen LogP contribution in [0.25, 0.3) is 11.8 Å². The summed E-state index contributed by atoms with van der Waals surface area (Å²) in [5.74, 6) is 0.589.